The third kappa shape index (κ3) is 4.04. The SMILES string of the molecule is CCCCCc1ccc2c(ccc3cc(-c4ccc(C(F)(F)F)cc4)c(F)cc32)c1. The molecule has 4 rings (SSSR count). The van der Waals surface area contributed by atoms with Gasteiger partial charge in [0.2, 0.25) is 0 Å². The zero-order chi connectivity index (χ0) is 21.3. The number of benzene rings is 4. The summed E-state index contributed by atoms with van der Waals surface area (Å²) in [5.74, 6) is -0.443. The number of alkyl halides is 3. The normalized spacial score (nSPS) is 12.0. The van der Waals surface area contributed by atoms with Crippen molar-refractivity contribution >= 4 is 21.5 Å². The van der Waals surface area contributed by atoms with E-state index < -0.39 is 17.6 Å². The molecule has 0 amide bonds. The summed E-state index contributed by atoms with van der Waals surface area (Å²) in [7, 11) is 0. The third-order valence-electron chi connectivity index (χ3n) is 5.58. The molecule has 4 aromatic rings. The molecule has 154 valence electrons. The Balaban J connectivity index is 1.73. The van der Waals surface area contributed by atoms with Crippen LogP contribution in [0.1, 0.15) is 37.3 Å². The van der Waals surface area contributed by atoms with Crippen LogP contribution in [0, 0.1) is 5.82 Å². The average molecular weight is 410 g/mol. The van der Waals surface area contributed by atoms with Gasteiger partial charge in [-0.05, 0) is 69.8 Å². The Labute approximate surface area is 173 Å². The number of aryl methyl sites for hydroxylation is 1. The molecule has 0 aliphatic rings. The van der Waals surface area contributed by atoms with E-state index in [1.807, 2.05) is 18.2 Å². The van der Waals surface area contributed by atoms with Gasteiger partial charge in [0.15, 0.2) is 0 Å². The molecule has 0 spiro atoms. The first-order valence-corrected chi connectivity index (χ1v) is 10.2. The van der Waals surface area contributed by atoms with Gasteiger partial charge in [-0.1, -0.05) is 62.2 Å². The standard InChI is InChI=1S/C26H22F4/c1-2-3-4-5-17-6-13-22-19(14-17)7-8-20-15-24(25(27)16-23(20)22)18-9-11-21(12-10-18)26(28,29)30/h6-16H,2-5H2,1H3. The second kappa shape index (κ2) is 8.10. The van der Waals surface area contributed by atoms with Crippen molar-refractivity contribution in [2.45, 2.75) is 38.8 Å². The molecule has 0 heterocycles. The smallest absolute Gasteiger partial charge is 0.206 e. The zero-order valence-corrected chi connectivity index (χ0v) is 16.7. The first-order valence-electron chi connectivity index (χ1n) is 10.2. The number of unbranched alkanes of at least 4 members (excludes halogenated alkanes) is 2. The molecular weight excluding hydrogens is 388 g/mol. The Kier molecular flexibility index (Phi) is 5.50. The molecule has 0 aromatic heterocycles. The van der Waals surface area contributed by atoms with Crippen molar-refractivity contribution in [2.24, 2.45) is 0 Å². The van der Waals surface area contributed by atoms with E-state index in [2.05, 4.69) is 19.1 Å². The predicted octanol–water partition coefficient (Wildman–Crippen LogP) is 8.55. The van der Waals surface area contributed by atoms with E-state index in [0.29, 0.717) is 11.1 Å². The van der Waals surface area contributed by atoms with Crippen molar-refractivity contribution in [3.05, 3.63) is 83.7 Å². The monoisotopic (exact) mass is 410 g/mol. The van der Waals surface area contributed by atoms with Crippen molar-refractivity contribution in [2.75, 3.05) is 0 Å². The molecule has 0 aliphatic carbocycles. The molecule has 0 radical (unpaired) electrons. The maximum Gasteiger partial charge on any atom is 0.416 e. The van der Waals surface area contributed by atoms with Crippen molar-refractivity contribution in [3.8, 4) is 11.1 Å². The fraction of sp³-hybridized carbons (Fsp3) is 0.231. The summed E-state index contributed by atoms with van der Waals surface area (Å²) in [6.45, 7) is 2.18. The minimum absolute atomic E-state index is 0.298. The van der Waals surface area contributed by atoms with Gasteiger partial charge in [-0.2, -0.15) is 13.2 Å². The highest BCUT2D eigenvalue weighted by Gasteiger charge is 2.30. The van der Waals surface area contributed by atoms with Crippen LogP contribution in [0.3, 0.4) is 0 Å². The lowest BCUT2D eigenvalue weighted by atomic mass is 9.95. The molecule has 0 fully saturated rings. The zero-order valence-electron chi connectivity index (χ0n) is 16.7. The Bertz CT molecular complexity index is 1190. The molecule has 0 N–H and O–H groups in total. The molecule has 0 unspecified atom stereocenters. The van der Waals surface area contributed by atoms with Gasteiger partial charge in [-0.15, -0.1) is 0 Å². The Morgan fingerprint density at radius 1 is 0.733 bits per heavy atom. The van der Waals surface area contributed by atoms with Crippen LogP contribution >= 0.6 is 0 Å². The fourth-order valence-electron chi connectivity index (χ4n) is 3.93. The van der Waals surface area contributed by atoms with E-state index in [0.717, 1.165) is 46.5 Å². The van der Waals surface area contributed by atoms with Crippen molar-refractivity contribution in [3.63, 3.8) is 0 Å². The fourth-order valence-corrected chi connectivity index (χ4v) is 3.93. The summed E-state index contributed by atoms with van der Waals surface area (Å²) in [5.41, 5.74) is 1.26. The maximum atomic E-state index is 14.9. The first-order chi connectivity index (χ1) is 14.4. The highest BCUT2D eigenvalue weighted by Crippen LogP contribution is 2.35. The molecular formula is C26H22F4. The van der Waals surface area contributed by atoms with Crippen molar-refractivity contribution < 1.29 is 17.6 Å². The van der Waals surface area contributed by atoms with Gasteiger partial charge in [0.05, 0.1) is 5.56 Å². The van der Waals surface area contributed by atoms with Crippen LogP contribution in [0.25, 0.3) is 32.7 Å². The number of hydrogen-bond acceptors (Lipinski definition) is 0. The minimum atomic E-state index is -4.41. The van der Waals surface area contributed by atoms with Crippen LogP contribution in [-0.2, 0) is 12.6 Å². The Morgan fingerprint density at radius 2 is 1.43 bits per heavy atom. The highest BCUT2D eigenvalue weighted by molar-refractivity contribution is 6.08. The molecule has 4 heteroatoms. The van der Waals surface area contributed by atoms with Crippen LogP contribution in [-0.4, -0.2) is 0 Å². The summed E-state index contributed by atoms with van der Waals surface area (Å²) >= 11 is 0. The lowest BCUT2D eigenvalue weighted by molar-refractivity contribution is -0.137. The van der Waals surface area contributed by atoms with Crippen LogP contribution in [0.5, 0.6) is 0 Å². The maximum absolute atomic E-state index is 14.9. The second-order valence-corrected chi connectivity index (χ2v) is 7.71. The lowest BCUT2D eigenvalue weighted by Crippen LogP contribution is -2.04. The molecule has 0 nitrogen and oxygen atoms in total. The van der Waals surface area contributed by atoms with E-state index in [-0.39, 0.29) is 0 Å². The molecule has 0 atom stereocenters. The number of hydrogen-bond donors (Lipinski definition) is 0. The van der Waals surface area contributed by atoms with Crippen LogP contribution < -0.4 is 0 Å². The molecule has 0 aliphatic heterocycles. The topological polar surface area (TPSA) is 0 Å². The second-order valence-electron chi connectivity index (χ2n) is 7.71. The number of halogens is 4. The average Bonchev–Trinajstić information content (AvgIpc) is 2.73. The van der Waals surface area contributed by atoms with E-state index in [1.165, 1.54) is 36.6 Å². The minimum Gasteiger partial charge on any atom is -0.206 e. The number of rotatable bonds is 5. The summed E-state index contributed by atoms with van der Waals surface area (Å²) in [6, 6.07) is 18.1. The number of fused-ring (bicyclic) bond motifs is 3. The molecule has 0 bridgehead atoms. The Hall–Kier alpha value is -2.88. The largest absolute Gasteiger partial charge is 0.416 e. The summed E-state index contributed by atoms with van der Waals surface area (Å²) in [6.07, 6.45) is 0.158. The molecule has 30 heavy (non-hydrogen) atoms. The van der Waals surface area contributed by atoms with Crippen molar-refractivity contribution in [1.82, 2.24) is 0 Å². The molecule has 0 saturated carbocycles. The van der Waals surface area contributed by atoms with Crippen LogP contribution in [0.4, 0.5) is 17.6 Å². The van der Waals surface area contributed by atoms with Crippen LogP contribution in [0.2, 0.25) is 0 Å². The summed E-state index contributed by atoms with van der Waals surface area (Å²) in [5, 5.41) is 3.71. The van der Waals surface area contributed by atoms with Gasteiger partial charge in [0, 0.05) is 5.56 Å². The Morgan fingerprint density at radius 3 is 2.10 bits per heavy atom. The quantitative estimate of drug-likeness (QED) is 0.176. The summed E-state index contributed by atoms with van der Waals surface area (Å²) in [4.78, 5) is 0. The van der Waals surface area contributed by atoms with Crippen LogP contribution in [0.15, 0.2) is 66.7 Å². The highest BCUT2D eigenvalue weighted by atomic mass is 19.4. The summed E-state index contributed by atoms with van der Waals surface area (Å²) < 4.78 is 53.3. The molecule has 4 aromatic carbocycles. The predicted molar refractivity (Wildman–Crippen MR) is 115 cm³/mol. The van der Waals surface area contributed by atoms with E-state index >= 15 is 0 Å². The molecule has 0 saturated heterocycles. The third-order valence-corrected chi connectivity index (χ3v) is 5.58. The van der Waals surface area contributed by atoms with Gasteiger partial charge >= 0.3 is 6.18 Å². The van der Waals surface area contributed by atoms with Gasteiger partial charge in [-0.3, -0.25) is 0 Å². The van der Waals surface area contributed by atoms with E-state index in [1.54, 1.807) is 6.07 Å². The lowest BCUT2D eigenvalue weighted by Gasteiger charge is -2.11. The van der Waals surface area contributed by atoms with E-state index in [4.69, 9.17) is 0 Å². The van der Waals surface area contributed by atoms with Gasteiger partial charge in [-0.25, -0.2) is 4.39 Å². The van der Waals surface area contributed by atoms with Crippen molar-refractivity contribution in [1.29, 1.82) is 0 Å². The van der Waals surface area contributed by atoms with Gasteiger partial charge in [0.25, 0.3) is 0 Å². The first kappa shape index (κ1) is 20.4. The van der Waals surface area contributed by atoms with Gasteiger partial charge < -0.3 is 0 Å². The van der Waals surface area contributed by atoms with Gasteiger partial charge in [0.1, 0.15) is 5.82 Å². The van der Waals surface area contributed by atoms with E-state index in [9.17, 15) is 17.6 Å².